The maximum atomic E-state index is 13.3. The van der Waals surface area contributed by atoms with Crippen molar-refractivity contribution >= 4 is 39.1 Å². The van der Waals surface area contributed by atoms with Crippen LogP contribution in [0.1, 0.15) is 17.2 Å². The van der Waals surface area contributed by atoms with Crippen molar-refractivity contribution in [3.63, 3.8) is 0 Å². The number of benzene rings is 3. The summed E-state index contributed by atoms with van der Waals surface area (Å²) in [6.45, 7) is 1.85. The summed E-state index contributed by atoms with van der Waals surface area (Å²) in [7, 11) is -2.69. The molecule has 2 N–H and O–H groups in total. The Kier molecular flexibility index (Phi) is 6.56. The Morgan fingerprint density at radius 3 is 2.09 bits per heavy atom. The smallest absolute Gasteiger partial charge is 0.277 e. The summed E-state index contributed by atoms with van der Waals surface area (Å²) in [6, 6.07) is 20.5. The van der Waals surface area contributed by atoms with Gasteiger partial charge in [-0.3, -0.25) is 14.5 Å². The normalized spacial score (nSPS) is 15.1. The molecule has 2 amide bonds. The molecule has 0 radical (unpaired) electrons. The zero-order valence-corrected chi connectivity index (χ0v) is 20.0. The number of hydrogen-bond acceptors (Lipinski definition) is 5. The predicted octanol–water partition coefficient (Wildman–Crippen LogP) is 4.03. The second kappa shape index (κ2) is 9.42. The number of aryl methyl sites for hydroxylation is 1. The molecule has 0 fully saturated rings. The Balaban J connectivity index is 1.85. The third kappa shape index (κ3) is 4.75. The Morgan fingerprint density at radius 2 is 1.47 bits per heavy atom. The second-order valence-electron chi connectivity index (χ2n) is 7.87. The lowest BCUT2D eigenvalue weighted by Gasteiger charge is -2.21. The highest BCUT2D eigenvalue weighted by Crippen LogP contribution is 2.34. The second-order valence-corrected chi connectivity index (χ2v) is 10.0. The number of para-hydroxylation sites is 1. The molecule has 0 spiro atoms. The molecule has 34 heavy (non-hydrogen) atoms. The predicted molar refractivity (Wildman–Crippen MR) is 131 cm³/mol. The van der Waals surface area contributed by atoms with Crippen molar-refractivity contribution in [3.8, 4) is 0 Å². The van der Waals surface area contributed by atoms with Crippen LogP contribution in [-0.2, 0) is 19.6 Å². The van der Waals surface area contributed by atoms with E-state index in [0.29, 0.717) is 16.3 Å². The number of hydrogen-bond donors (Lipinski definition) is 2. The fourth-order valence-corrected chi connectivity index (χ4v) is 4.93. The first kappa shape index (κ1) is 23.7. The minimum atomic E-state index is -4.05. The lowest BCUT2D eigenvalue weighted by Crippen LogP contribution is -2.34. The van der Waals surface area contributed by atoms with Gasteiger partial charge in [0.15, 0.2) is 0 Å². The van der Waals surface area contributed by atoms with E-state index in [0.717, 1.165) is 10.5 Å². The summed E-state index contributed by atoms with van der Waals surface area (Å²) in [5.74, 6) is -1.16. The van der Waals surface area contributed by atoms with Gasteiger partial charge in [0.2, 0.25) is 10.0 Å². The van der Waals surface area contributed by atoms with Crippen LogP contribution in [0.3, 0.4) is 0 Å². The lowest BCUT2D eigenvalue weighted by atomic mass is 9.98. The molecule has 1 aliphatic heterocycles. The number of sulfonamides is 1. The number of rotatable bonds is 7. The van der Waals surface area contributed by atoms with Gasteiger partial charge in [0.05, 0.1) is 16.5 Å². The standard InChI is InChI=1S/C25H22ClN3O4S/c1-16-8-14-20(15-9-16)34(32,33)28-22(17-10-12-18(26)13-11-17)21-23(25(31)29(2)24(21)30)27-19-6-4-3-5-7-19/h3-15,22,27-28H,1-2H3. The van der Waals surface area contributed by atoms with Crippen LogP contribution in [-0.4, -0.2) is 32.2 Å². The molecule has 0 saturated heterocycles. The lowest BCUT2D eigenvalue weighted by molar-refractivity contribution is -0.136. The van der Waals surface area contributed by atoms with Crippen LogP contribution in [0.25, 0.3) is 0 Å². The van der Waals surface area contributed by atoms with E-state index in [-0.39, 0.29) is 16.2 Å². The molecule has 0 bridgehead atoms. The van der Waals surface area contributed by atoms with Crippen LogP contribution in [0, 0.1) is 6.92 Å². The zero-order chi connectivity index (χ0) is 24.5. The Morgan fingerprint density at radius 1 is 0.853 bits per heavy atom. The first-order valence-corrected chi connectivity index (χ1v) is 12.3. The highest BCUT2D eigenvalue weighted by atomic mass is 35.5. The molecule has 7 nitrogen and oxygen atoms in total. The van der Waals surface area contributed by atoms with E-state index < -0.39 is 27.9 Å². The van der Waals surface area contributed by atoms with Gasteiger partial charge < -0.3 is 5.32 Å². The van der Waals surface area contributed by atoms with E-state index in [2.05, 4.69) is 10.0 Å². The number of nitrogens with one attached hydrogen (secondary N) is 2. The molecule has 174 valence electrons. The molecule has 0 aliphatic carbocycles. The van der Waals surface area contributed by atoms with E-state index in [4.69, 9.17) is 11.6 Å². The number of likely N-dealkylation sites (N-methyl/N-ethyl adjacent to an activating group) is 1. The number of nitrogens with zero attached hydrogens (tertiary/aromatic N) is 1. The van der Waals surface area contributed by atoms with Gasteiger partial charge in [0.1, 0.15) is 5.70 Å². The van der Waals surface area contributed by atoms with Crippen LogP contribution in [0.4, 0.5) is 5.69 Å². The largest absolute Gasteiger partial charge is 0.351 e. The fourth-order valence-electron chi connectivity index (χ4n) is 3.61. The van der Waals surface area contributed by atoms with Crippen LogP contribution in [0.15, 0.2) is 95.0 Å². The molecule has 3 aromatic rings. The molecule has 0 saturated carbocycles. The van der Waals surface area contributed by atoms with Crippen molar-refractivity contribution < 1.29 is 18.0 Å². The third-order valence-corrected chi connectivity index (χ3v) is 7.15. The van der Waals surface area contributed by atoms with Crippen molar-refractivity contribution in [2.24, 2.45) is 0 Å². The van der Waals surface area contributed by atoms with E-state index >= 15 is 0 Å². The van der Waals surface area contributed by atoms with Crippen molar-refractivity contribution in [1.29, 1.82) is 0 Å². The van der Waals surface area contributed by atoms with Gasteiger partial charge in [0, 0.05) is 17.8 Å². The van der Waals surface area contributed by atoms with Gasteiger partial charge in [-0.25, -0.2) is 8.42 Å². The van der Waals surface area contributed by atoms with Gasteiger partial charge in [-0.15, -0.1) is 0 Å². The van der Waals surface area contributed by atoms with Crippen LogP contribution >= 0.6 is 11.6 Å². The van der Waals surface area contributed by atoms with Crippen molar-refractivity contribution in [2.75, 3.05) is 12.4 Å². The quantitative estimate of drug-likeness (QED) is 0.482. The number of halogens is 1. The Labute approximate surface area is 203 Å². The van der Waals surface area contributed by atoms with E-state index in [1.165, 1.54) is 19.2 Å². The van der Waals surface area contributed by atoms with Crippen molar-refractivity contribution in [3.05, 3.63) is 106 Å². The van der Waals surface area contributed by atoms with E-state index in [1.54, 1.807) is 60.7 Å². The minimum Gasteiger partial charge on any atom is -0.351 e. The molecule has 4 rings (SSSR count). The van der Waals surface area contributed by atoms with Gasteiger partial charge in [0.25, 0.3) is 11.8 Å². The Bertz CT molecular complexity index is 1370. The molecule has 9 heteroatoms. The summed E-state index contributed by atoms with van der Waals surface area (Å²) in [5.41, 5.74) is 1.95. The summed E-state index contributed by atoms with van der Waals surface area (Å²) >= 11 is 6.04. The van der Waals surface area contributed by atoms with Gasteiger partial charge >= 0.3 is 0 Å². The Hall–Kier alpha value is -3.46. The van der Waals surface area contributed by atoms with Gasteiger partial charge in [-0.2, -0.15) is 4.72 Å². The SMILES string of the molecule is Cc1ccc(S(=O)(=O)NC(C2=C(Nc3ccccc3)C(=O)N(C)C2=O)c2ccc(Cl)cc2)cc1. The van der Waals surface area contributed by atoms with E-state index in [9.17, 15) is 18.0 Å². The summed E-state index contributed by atoms with van der Waals surface area (Å²) in [5, 5.41) is 3.45. The molecular formula is C25H22ClN3O4S. The third-order valence-electron chi connectivity index (χ3n) is 5.46. The molecular weight excluding hydrogens is 474 g/mol. The molecule has 1 aliphatic rings. The van der Waals surface area contributed by atoms with Crippen LogP contribution in [0.5, 0.6) is 0 Å². The molecule has 1 unspecified atom stereocenters. The molecule has 0 aromatic heterocycles. The number of anilines is 1. The maximum absolute atomic E-state index is 13.3. The van der Waals surface area contributed by atoms with Crippen molar-refractivity contribution in [1.82, 2.24) is 9.62 Å². The highest BCUT2D eigenvalue weighted by Gasteiger charge is 2.42. The zero-order valence-electron chi connectivity index (χ0n) is 18.4. The summed E-state index contributed by atoms with van der Waals surface area (Å²) in [4.78, 5) is 27.2. The summed E-state index contributed by atoms with van der Waals surface area (Å²) in [6.07, 6.45) is 0. The van der Waals surface area contributed by atoms with Crippen molar-refractivity contribution in [2.45, 2.75) is 17.9 Å². The maximum Gasteiger partial charge on any atom is 0.277 e. The average molecular weight is 496 g/mol. The van der Waals surface area contributed by atoms with Gasteiger partial charge in [-0.1, -0.05) is 59.6 Å². The van der Waals surface area contributed by atoms with Crippen LogP contribution in [0.2, 0.25) is 5.02 Å². The van der Waals surface area contributed by atoms with Gasteiger partial charge in [-0.05, 0) is 48.9 Å². The summed E-state index contributed by atoms with van der Waals surface area (Å²) < 4.78 is 29.2. The number of imide groups is 1. The average Bonchev–Trinajstić information content (AvgIpc) is 3.02. The van der Waals surface area contributed by atoms with Crippen LogP contribution < -0.4 is 10.0 Å². The monoisotopic (exact) mass is 495 g/mol. The first-order valence-electron chi connectivity index (χ1n) is 10.4. The first-order chi connectivity index (χ1) is 16.2. The number of carbonyl (C=O) groups is 2. The molecule has 1 heterocycles. The molecule has 3 aromatic carbocycles. The highest BCUT2D eigenvalue weighted by molar-refractivity contribution is 7.89. The fraction of sp³-hybridized carbons (Fsp3) is 0.120. The number of amides is 2. The minimum absolute atomic E-state index is 0.00487. The molecule has 1 atom stereocenters. The topological polar surface area (TPSA) is 95.6 Å². The van der Waals surface area contributed by atoms with E-state index in [1.807, 2.05) is 13.0 Å². The number of carbonyl (C=O) groups excluding carboxylic acids is 2.